The van der Waals surface area contributed by atoms with Crippen molar-refractivity contribution >= 4 is 29.0 Å². The van der Waals surface area contributed by atoms with Gasteiger partial charge in [0.05, 0.1) is 36.4 Å². The summed E-state index contributed by atoms with van der Waals surface area (Å²) in [6, 6.07) is 20.4. The number of aromatic nitrogens is 2. The van der Waals surface area contributed by atoms with E-state index in [0.717, 1.165) is 16.7 Å². The van der Waals surface area contributed by atoms with E-state index in [1.807, 2.05) is 43.3 Å². The van der Waals surface area contributed by atoms with E-state index < -0.39 is 12.1 Å². The molecular formula is C27H26N4O6. The van der Waals surface area contributed by atoms with Crippen LogP contribution in [0.4, 0.5) is 4.79 Å². The lowest BCUT2D eigenvalue weighted by Crippen LogP contribution is -2.16. The zero-order chi connectivity index (χ0) is 26.4. The highest BCUT2D eigenvalue weighted by atomic mass is 16.8. The molecular weight excluding hydrogens is 476 g/mol. The zero-order valence-electron chi connectivity index (χ0n) is 20.4. The summed E-state index contributed by atoms with van der Waals surface area (Å²) in [5, 5.41) is 13.4. The maximum Gasteiger partial charge on any atom is 0.535 e. The molecule has 0 bridgehead atoms. The van der Waals surface area contributed by atoms with Crippen LogP contribution < -0.4 is 10.5 Å². The Hall–Kier alpha value is -4.86. The molecule has 0 radical (unpaired) electrons. The Balaban J connectivity index is 1.65. The van der Waals surface area contributed by atoms with Gasteiger partial charge in [-0.05, 0) is 42.7 Å². The van der Waals surface area contributed by atoms with Crippen molar-refractivity contribution in [1.29, 1.82) is 0 Å². The van der Waals surface area contributed by atoms with Crippen LogP contribution in [0.5, 0.6) is 6.01 Å². The second kappa shape index (κ2) is 11.3. The van der Waals surface area contributed by atoms with Gasteiger partial charge in [0.15, 0.2) is 5.84 Å². The van der Waals surface area contributed by atoms with E-state index in [4.69, 9.17) is 20.0 Å². The molecule has 3 aromatic carbocycles. The summed E-state index contributed by atoms with van der Waals surface area (Å²) in [7, 11) is 0. The Bertz CT molecular complexity index is 1460. The topological polar surface area (TPSA) is 138 Å². The number of hydrogen-bond acceptors (Lipinski definition) is 7. The van der Waals surface area contributed by atoms with Crippen molar-refractivity contribution in [1.82, 2.24) is 9.55 Å². The lowest BCUT2D eigenvalue weighted by molar-refractivity contribution is 0.0611. The number of carbonyl (C=O) groups excluding carboxylic acids is 1. The average Bonchev–Trinajstić information content (AvgIpc) is 3.25. The third-order valence-corrected chi connectivity index (χ3v) is 5.52. The monoisotopic (exact) mass is 502 g/mol. The Labute approximate surface area is 212 Å². The minimum Gasteiger partial charge on any atom is -0.478 e. The molecule has 10 heteroatoms. The Morgan fingerprint density at radius 2 is 1.70 bits per heavy atom. The van der Waals surface area contributed by atoms with Gasteiger partial charge in [-0.1, -0.05) is 59.8 Å². The summed E-state index contributed by atoms with van der Waals surface area (Å²) >= 11 is 0. The molecule has 0 atom stereocenters. The van der Waals surface area contributed by atoms with Crippen molar-refractivity contribution in [2.75, 3.05) is 13.2 Å². The molecule has 37 heavy (non-hydrogen) atoms. The van der Waals surface area contributed by atoms with Crippen molar-refractivity contribution < 1.29 is 29.0 Å². The van der Waals surface area contributed by atoms with Crippen LogP contribution in [-0.2, 0) is 16.1 Å². The first kappa shape index (κ1) is 25.2. The number of imidazole rings is 1. The van der Waals surface area contributed by atoms with E-state index >= 15 is 0 Å². The summed E-state index contributed by atoms with van der Waals surface area (Å²) in [5.74, 6) is -1.01. The molecule has 190 valence electrons. The summed E-state index contributed by atoms with van der Waals surface area (Å²) < 4.78 is 12.2. The Morgan fingerprint density at radius 3 is 2.41 bits per heavy atom. The fourth-order valence-corrected chi connectivity index (χ4v) is 3.93. The molecule has 1 aromatic heterocycles. The van der Waals surface area contributed by atoms with Crippen LogP contribution in [0.25, 0.3) is 22.2 Å². The molecule has 0 aliphatic heterocycles. The van der Waals surface area contributed by atoms with E-state index in [-0.39, 0.29) is 18.0 Å². The van der Waals surface area contributed by atoms with E-state index in [9.17, 15) is 14.7 Å². The van der Waals surface area contributed by atoms with Crippen LogP contribution in [0.15, 0.2) is 71.9 Å². The van der Waals surface area contributed by atoms with Crippen molar-refractivity contribution in [2.45, 2.75) is 20.4 Å². The van der Waals surface area contributed by atoms with Gasteiger partial charge >= 0.3 is 12.1 Å². The second-order valence-corrected chi connectivity index (χ2v) is 7.89. The maximum absolute atomic E-state index is 11.9. The number of amidine groups is 1. The van der Waals surface area contributed by atoms with Crippen molar-refractivity contribution in [3.63, 3.8) is 0 Å². The van der Waals surface area contributed by atoms with Crippen molar-refractivity contribution in [3.05, 3.63) is 83.4 Å². The first-order valence-electron chi connectivity index (χ1n) is 11.6. The third kappa shape index (κ3) is 5.53. The SMILES string of the molecule is CCOC(=O)O/N=C(/N)c1ccccc1-c1ccc(Cn2c(OCC)nc3cccc(C(=O)O)c32)cc1. The molecule has 0 fully saturated rings. The molecule has 0 spiro atoms. The number of carboxylic acid groups (broad SMARTS) is 1. The first-order chi connectivity index (χ1) is 17.9. The lowest BCUT2D eigenvalue weighted by Gasteiger charge is -2.12. The van der Waals surface area contributed by atoms with Gasteiger partial charge in [-0.2, -0.15) is 4.98 Å². The highest BCUT2D eigenvalue weighted by Gasteiger charge is 2.19. The minimum absolute atomic E-state index is 0.0279. The number of nitrogens with zero attached hydrogens (tertiary/aromatic N) is 3. The molecule has 4 rings (SSSR count). The maximum atomic E-state index is 11.9. The molecule has 0 unspecified atom stereocenters. The van der Waals surface area contributed by atoms with E-state index in [1.54, 1.807) is 41.8 Å². The number of benzene rings is 3. The highest BCUT2D eigenvalue weighted by Crippen LogP contribution is 2.28. The van der Waals surface area contributed by atoms with Crippen LogP contribution in [0.1, 0.15) is 35.3 Å². The van der Waals surface area contributed by atoms with Gasteiger partial charge in [-0.3, -0.25) is 9.40 Å². The molecule has 0 saturated carbocycles. The normalized spacial score (nSPS) is 11.4. The molecule has 0 aliphatic carbocycles. The number of carbonyl (C=O) groups is 2. The number of nitrogens with two attached hydrogens (primary N) is 1. The van der Waals surface area contributed by atoms with Crippen LogP contribution in [0.3, 0.4) is 0 Å². The number of fused-ring (bicyclic) bond motifs is 1. The van der Waals surface area contributed by atoms with Crippen LogP contribution in [-0.4, -0.2) is 45.8 Å². The minimum atomic E-state index is -1.03. The second-order valence-electron chi connectivity index (χ2n) is 7.89. The lowest BCUT2D eigenvalue weighted by atomic mass is 9.98. The van der Waals surface area contributed by atoms with Crippen molar-refractivity contribution in [2.24, 2.45) is 10.9 Å². The molecule has 3 N–H and O–H groups in total. The standard InChI is InChI=1S/C27H26N4O6/c1-3-35-26-29-22-11-7-10-21(25(32)33)23(22)31(26)16-17-12-14-18(15-13-17)19-8-5-6-9-20(19)24(28)30-37-27(34)36-4-2/h5-15H,3-4,16H2,1-2H3,(H2,28,30)(H,32,33). The molecule has 1 heterocycles. The van der Waals surface area contributed by atoms with E-state index in [0.29, 0.717) is 35.8 Å². The molecule has 4 aromatic rings. The average molecular weight is 503 g/mol. The van der Waals surface area contributed by atoms with Gasteiger partial charge < -0.3 is 20.3 Å². The van der Waals surface area contributed by atoms with Gasteiger partial charge in [0.2, 0.25) is 0 Å². The number of rotatable bonds is 9. The Morgan fingerprint density at radius 1 is 0.973 bits per heavy atom. The molecule has 0 amide bonds. The molecule has 0 aliphatic rings. The number of oxime groups is 1. The fourth-order valence-electron chi connectivity index (χ4n) is 3.93. The number of para-hydroxylation sites is 1. The predicted molar refractivity (Wildman–Crippen MR) is 138 cm³/mol. The van der Waals surface area contributed by atoms with Crippen LogP contribution >= 0.6 is 0 Å². The van der Waals surface area contributed by atoms with E-state index in [1.165, 1.54) is 0 Å². The van der Waals surface area contributed by atoms with Gasteiger partial charge in [0.1, 0.15) is 0 Å². The highest BCUT2D eigenvalue weighted by molar-refractivity contribution is 6.03. The summed E-state index contributed by atoms with van der Waals surface area (Å²) in [6.45, 7) is 4.42. The van der Waals surface area contributed by atoms with Crippen LogP contribution in [0.2, 0.25) is 0 Å². The molecule has 0 saturated heterocycles. The predicted octanol–water partition coefficient (Wildman–Crippen LogP) is 4.64. The zero-order valence-corrected chi connectivity index (χ0v) is 20.4. The smallest absolute Gasteiger partial charge is 0.478 e. The number of hydrogen-bond donors (Lipinski definition) is 2. The van der Waals surface area contributed by atoms with Gasteiger partial charge in [-0.25, -0.2) is 9.59 Å². The quantitative estimate of drug-likeness (QED) is 0.111. The number of carboxylic acids is 1. The summed E-state index contributed by atoms with van der Waals surface area (Å²) in [6.07, 6.45) is -0.934. The van der Waals surface area contributed by atoms with Gasteiger partial charge in [0, 0.05) is 5.56 Å². The van der Waals surface area contributed by atoms with Gasteiger partial charge in [0.25, 0.3) is 6.01 Å². The first-order valence-corrected chi connectivity index (χ1v) is 11.6. The summed E-state index contributed by atoms with van der Waals surface area (Å²) in [5.41, 5.74) is 10.4. The number of ether oxygens (including phenoxy) is 2. The summed E-state index contributed by atoms with van der Waals surface area (Å²) in [4.78, 5) is 32.5. The number of aromatic carboxylic acids is 1. The largest absolute Gasteiger partial charge is 0.535 e. The van der Waals surface area contributed by atoms with Crippen LogP contribution in [0, 0.1) is 0 Å². The molecule has 10 nitrogen and oxygen atoms in total. The van der Waals surface area contributed by atoms with Gasteiger partial charge in [-0.15, -0.1) is 0 Å². The Kier molecular flexibility index (Phi) is 7.68. The fraction of sp³-hybridized carbons (Fsp3) is 0.185. The van der Waals surface area contributed by atoms with E-state index in [2.05, 4.69) is 10.1 Å². The third-order valence-electron chi connectivity index (χ3n) is 5.52. The van der Waals surface area contributed by atoms with Crippen molar-refractivity contribution in [3.8, 4) is 17.1 Å².